The quantitative estimate of drug-likeness (QED) is 0.733. The van der Waals surface area contributed by atoms with Crippen LogP contribution in [0.25, 0.3) is 0 Å². The molecule has 0 aromatic carbocycles. The van der Waals surface area contributed by atoms with E-state index in [4.69, 9.17) is 0 Å². The van der Waals surface area contributed by atoms with E-state index >= 15 is 0 Å². The minimum Gasteiger partial charge on any atom is -0.342 e. The summed E-state index contributed by atoms with van der Waals surface area (Å²) in [6, 6.07) is 0. The minimum absolute atomic E-state index is 0.00509. The normalized spacial score (nSPS) is 25.0. The third-order valence-electron chi connectivity index (χ3n) is 4.06. The van der Waals surface area contributed by atoms with Gasteiger partial charge in [0.05, 0.1) is 0 Å². The Labute approximate surface area is 125 Å². The molecule has 0 N–H and O–H groups in total. The van der Waals surface area contributed by atoms with Crippen LogP contribution in [0.2, 0.25) is 0 Å². The second kappa shape index (κ2) is 6.29. The molecule has 2 aliphatic rings. The average Bonchev–Trinajstić information content (AvgIpc) is 2.54. The Kier molecular flexibility index (Phi) is 4.84. The summed E-state index contributed by atoms with van der Waals surface area (Å²) in [5.41, 5.74) is 0.484. The standard InChI is InChI=1S/C17H25F2NO/c1-17(2,3)11-20-10-12(6-4-9-15(20)21)13-7-5-8-14(18)16(13)19/h7,12H,4-6,8-11H2,1-3H3/t12-/m1/s1. The number of halogens is 2. The molecular weight excluding hydrogens is 272 g/mol. The molecule has 0 spiro atoms. The van der Waals surface area contributed by atoms with E-state index in [-0.39, 0.29) is 23.7 Å². The van der Waals surface area contributed by atoms with Gasteiger partial charge in [-0.1, -0.05) is 26.8 Å². The van der Waals surface area contributed by atoms with Crippen LogP contribution in [-0.2, 0) is 4.79 Å². The molecule has 1 heterocycles. The molecule has 0 saturated carbocycles. The zero-order valence-electron chi connectivity index (χ0n) is 13.2. The Morgan fingerprint density at radius 2 is 2.00 bits per heavy atom. The van der Waals surface area contributed by atoms with Crippen molar-refractivity contribution >= 4 is 5.91 Å². The Bertz CT molecular complexity index is 474. The van der Waals surface area contributed by atoms with Crippen LogP contribution in [0, 0.1) is 11.3 Å². The van der Waals surface area contributed by atoms with E-state index in [0.717, 1.165) is 12.8 Å². The minimum atomic E-state index is -0.684. The van der Waals surface area contributed by atoms with Crippen LogP contribution in [0.3, 0.4) is 0 Å². The van der Waals surface area contributed by atoms with Crippen molar-refractivity contribution in [2.24, 2.45) is 11.3 Å². The van der Waals surface area contributed by atoms with E-state index < -0.39 is 11.7 Å². The number of nitrogens with zero attached hydrogens (tertiary/aromatic N) is 1. The molecule has 2 rings (SSSR count). The average molecular weight is 297 g/mol. The number of carbonyl (C=O) groups excluding carboxylic acids is 1. The van der Waals surface area contributed by atoms with Gasteiger partial charge in [-0.2, -0.15) is 0 Å². The van der Waals surface area contributed by atoms with Crippen LogP contribution in [0.1, 0.15) is 52.9 Å². The van der Waals surface area contributed by atoms with Crippen LogP contribution >= 0.6 is 0 Å². The fourth-order valence-electron chi connectivity index (χ4n) is 3.15. The largest absolute Gasteiger partial charge is 0.342 e. The fourth-order valence-corrected chi connectivity index (χ4v) is 3.15. The van der Waals surface area contributed by atoms with Crippen LogP contribution in [0.5, 0.6) is 0 Å². The summed E-state index contributed by atoms with van der Waals surface area (Å²) in [7, 11) is 0. The van der Waals surface area contributed by atoms with Gasteiger partial charge in [-0.15, -0.1) is 0 Å². The molecule has 118 valence electrons. The summed E-state index contributed by atoms with van der Waals surface area (Å²) >= 11 is 0. The first kappa shape index (κ1) is 16.2. The van der Waals surface area contributed by atoms with Crippen molar-refractivity contribution < 1.29 is 13.6 Å². The number of likely N-dealkylation sites (tertiary alicyclic amines) is 1. The van der Waals surface area contributed by atoms with Gasteiger partial charge in [0.2, 0.25) is 5.91 Å². The molecule has 1 aliphatic heterocycles. The molecule has 21 heavy (non-hydrogen) atoms. The molecule has 0 aromatic heterocycles. The van der Waals surface area contributed by atoms with Gasteiger partial charge in [0.1, 0.15) is 5.83 Å². The van der Waals surface area contributed by atoms with Crippen LogP contribution in [-0.4, -0.2) is 23.9 Å². The number of allylic oxidation sites excluding steroid dienone is 3. The first-order valence-electron chi connectivity index (χ1n) is 7.80. The topological polar surface area (TPSA) is 20.3 Å². The van der Waals surface area contributed by atoms with Crippen LogP contribution in [0.15, 0.2) is 23.3 Å². The monoisotopic (exact) mass is 297 g/mol. The van der Waals surface area contributed by atoms with Gasteiger partial charge in [0, 0.05) is 31.8 Å². The molecule has 0 bridgehead atoms. The SMILES string of the molecule is CC(C)(C)CN1C[C@H](C2=CCCC(F)=C2F)CCCC1=O. The molecule has 1 aliphatic carbocycles. The molecule has 4 heteroatoms. The third-order valence-corrected chi connectivity index (χ3v) is 4.06. The third kappa shape index (κ3) is 4.14. The second-order valence-corrected chi connectivity index (χ2v) is 7.34. The van der Waals surface area contributed by atoms with Gasteiger partial charge < -0.3 is 4.90 Å². The van der Waals surface area contributed by atoms with Gasteiger partial charge >= 0.3 is 0 Å². The van der Waals surface area contributed by atoms with E-state index in [9.17, 15) is 13.6 Å². The second-order valence-electron chi connectivity index (χ2n) is 7.34. The molecule has 1 atom stereocenters. The number of hydrogen-bond donors (Lipinski definition) is 0. The molecule has 2 nitrogen and oxygen atoms in total. The van der Waals surface area contributed by atoms with Crippen molar-refractivity contribution in [2.45, 2.75) is 52.9 Å². The molecule has 1 saturated heterocycles. The van der Waals surface area contributed by atoms with E-state index in [2.05, 4.69) is 20.8 Å². The maximum atomic E-state index is 14.1. The lowest BCUT2D eigenvalue weighted by Crippen LogP contribution is -2.39. The van der Waals surface area contributed by atoms with E-state index in [1.165, 1.54) is 0 Å². The van der Waals surface area contributed by atoms with Gasteiger partial charge in [0.15, 0.2) is 5.83 Å². The van der Waals surface area contributed by atoms with E-state index in [1.807, 2.05) is 11.0 Å². The highest BCUT2D eigenvalue weighted by Crippen LogP contribution is 2.36. The molecular formula is C17H25F2NO. The van der Waals surface area contributed by atoms with E-state index in [0.29, 0.717) is 31.5 Å². The summed E-state index contributed by atoms with van der Waals surface area (Å²) < 4.78 is 27.6. The molecule has 1 fully saturated rings. The van der Waals surface area contributed by atoms with Crippen molar-refractivity contribution in [1.82, 2.24) is 4.90 Å². The first-order valence-corrected chi connectivity index (χ1v) is 7.80. The Hall–Kier alpha value is -1.19. The van der Waals surface area contributed by atoms with Gasteiger partial charge in [-0.25, -0.2) is 8.78 Å². The lowest BCUT2D eigenvalue weighted by Gasteiger charge is -2.32. The highest BCUT2D eigenvalue weighted by molar-refractivity contribution is 5.76. The van der Waals surface area contributed by atoms with Crippen molar-refractivity contribution in [3.63, 3.8) is 0 Å². The number of hydrogen-bond acceptors (Lipinski definition) is 1. The molecule has 0 radical (unpaired) electrons. The summed E-state index contributed by atoms with van der Waals surface area (Å²) in [6.07, 6.45) is 4.53. The number of rotatable bonds is 2. The van der Waals surface area contributed by atoms with Gasteiger partial charge in [0.25, 0.3) is 0 Å². The fraction of sp³-hybridized carbons (Fsp3) is 0.706. The highest BCUT2D eigenvalue weighted by Gasteiger charge is 2.31. The van der Waals surface area contributed by atoms with Crippen molar-refractivity contribution in [3.05, 3.63) is 23.3 Å². The lowest BCUT2D eigenvalue weighted by atomic mass is 9.88. The summed E-state index contributed by atoms with van der Waals surface area (Å²) in [5.74, 6) is -1.26. The predicted octanol–water partition coefficient (Wildman–Crippen LogP) is 4.53. The smallest absolute Gasteiger partial charge is 0.222 e. The molecule has 0 aromatic rings. The number of amides is 1. The zero-order chi connectivity index (χ0) is 15.6. The Morgan fingerprint density at radius 3 is 2.67 bits per heavy atom. The lowest BCUT2D eigenvalue weighted by molar-refractivity contribution is -0.132. The summed E-state index contributed by atoms with van der Waals surface area (Å²) in [4.78, 5) is 14.0. The van der Waals surface area contributed by atoms with Crippen LogP contribution < -0.4 is 0 Å². The van der Waals surface area contributed by atoms with Gasteiger partial charge in [-0.05, 0) is 30.3 Å². The summed E-state index contributed by atoms with van der Waals surface area (Å²) in [5, 5.41) is 0. The molecule has 1 amide bonds. The number of carbonyl (C=O) groups is 1. The van der Waals surface area contributed by atoms with Crippen molar-refractivity contribution in [3.8, 4) is 0 Å². The van der Waals surface area contributed by atoms with Crippen molar-refractivity contribution in [1.29, 1.82) is 0 Å². The first-order chi connectivity index (χ1) is 9.78. The Morgan fingerprint density at radius 1 is 1.29 bits per heavy atom. The highest BCUT2D eigenvalue weighted by atomic mass is 19.2. The maximum absolute atomic E-state index is 14.1. The van der Waals surface area contributed by atoms with Crippen molar-refractivity contribution in [2.75, 3.05) is 13.1 Å². The maximum Gasteiger partial charge on any atom is 0.222 e. The molecule has 0 unspecified atom stereocenters. The zero-order valence-corrected chi connectivity index (χ0v) is 13.2. The predicted molar refractivity (Wildman–Crippen MR) is 79.9 cm³/mol. The Balaban J connectivity index is 2.17. The van der Waals surface area contributed by atoms with Gasteiger partial charge in [-0.3, -0.25) is 4.79 Å². The summed E-state index contributed by atoms with van der Waals surface area (Å²) in [6.45, 7) is 7.41. The van der Waals surface area contributed by atoms with E-state index in [1.54, 1.807) is 0 Å². The van der Waals surface area contributed by atoms with Crippen LogP contribution in [0.4, 0.5) is 8.78 Å².